The second kappa shape index (κ2) is 12.9. The Morgan fingerprint density at radius 2 is 1.14 bits per heavy atom. The maximum absolute atomic E-state index is 12.8. The molecule has 3 aromatic carbocycles. The molecular formula is C29H30NaO7. The molecular weight excluding hydrogens is 483 g/mol. The van der Waals surface area contributed by atoms with Gasteiger partial charge < -0.3 is 20.1 Å². The van der Waals surface area contributed by atoms with E-state index in [-0.39, 0.29) is 52.5 Å². The van der Waals surface area contributed by atoms with Crippen molar-refractivity contribution in [3.05, 3.63) is 109 Å². The van der Waals surface area contributed by atoms with Crippen LogP contribution in [0.4, 0.5) is 0 Å². The number of ether oxygens (including phenoxy) is 1. The van der Waals surface area contributed by atoms with Crippen LogP contribution < -0.4 is 15.6 Å². The van der Waals surface area contributed by atoms with Crippen molar-refractivity contribution in [2.24, 2.45) is 0 Å². The fraction of sp³-hybridized carbons (Fsp3) is 0.276. The SMILES string of the molecule is CC(C)c1ccc(C(c2ccc(OCC(=O)O)cc2)c2ccc(C(C)C)cc(=O)c2O)c(O)c(=O)c1.[Na]. The van der Waals surface area contributed by atoms with Crippen LogP contribution in [0.15, 0.2) is 70.3 Å². The number of carboxylic acid groups (broad SMARTS) is 1. The van der Waals surface area contributed by atoms with Gasteiger partial charge in [0.05, 0.1) is 0 Å². The van der Waals surface area contributed by atoms with Crippen molar-refractivity contribution in [1.29, 1.82) is 0 Å². The number of hydrogen-bond donors (Lipinski definition) is 3. The monoisotopic (exact) mass is 513 g/mol. The molecule has 0 saturated heterocycles. The first-order chi connectivity index (χ1) is 17.0. The van der Waals surface area contributed by atoms with E-state index in [4.69, 9.17) is 9.84 Å². The van der Waals surface area contributed by atoms with E-state index in [0.717, 1.165) is 11.1 Å². The summed E-state index contributed by atoms with van der Waals surface area (Å²) >= 11 is 0. The van der Waals surface area contributed by atoms with Crippen LogP contribution in [0, 0.1) is 0 Å². The molecule has 3 aromatic rings. The van der Waals surface area contributed by atoms with E-state index in [1.54, 1.807) is 48.5 Å². The van der Waals surface area contributed by atoms with Gasteiger partial charge in [0.25, 0.3) is 0 Å². The van der Waals surface area contributed by atoms with Gasteiger partial charge in [0.1, 0.15) is 5.75 Å². The average Bonchev–Trinajstić information content (AvgIpc) is 3.07. The summed E-state index contributed by atoms with van der Waals surface area (Å²) in [5.41, 5.74) is 1.30. The summed E-state index contributed by atoms with van der Waals surface area (Å²) in [6.45, 7) is 7.21. The zero-order valence-corrected chi connectivity index (χ0v) is 23.7. The van der Waals surface area contributed by atoms with Gasteiger partial charge in [-0.25, -0.2) is 4.79 Å². The molecule has 0 aliphatic carbocycles. The van der Waals surface area contributed by atoms with Crippen LogP contribution in [0.1, 0.15) is 73.3 Å². The molecule has 0 unspecified atom stereocenters. The largest absolute Gasteiger partial charge is 0.504 e. The minimum Gasteiger partial charge on any atom is -0.504 e. The summed E-state index contributed by atoms with van der Waals surface area (Å²) in [5, 5.41) is 30.8. The first kappa shape index (κ1) is 30.1. The van der Waals surface area contributed by atoms with Crippen LogP contribution in [0.5, 0.6) is 17.2 Å². The minimum absolute atomic E-state index is 0. The number of carbonyl (C=O) groups is 1. The molecule has 0 amide bonds. The molecule has 7 nitrogen and oxygen atoms in total. The number of carboxylic acids is 1. The van der Waals surface area contributed by atoms with E-state index in [1.807, 2.05) is 27.7 Å². The smallest absolute Gasteiger partial charge is 0.341 e. The van der Waals surface area contributed by atoms with Gasteiger partial charge >= 0.3 is 5.97 Å². The van der Waals surface area contributed by atoms with Crippen molar-refractivity contribution in [3.8, 4) is 17.2 Å². The first-order valence-electron chi connectivity index (χ1n) is 11.7. The summed E-state index contributed by atoms with van der Waals surface area (Å²) in [4.78, 5) is 36.5. The maximum Gasteiger partial charge on any atom is 0.341 e. The third-order valence-corrected chi connectivity index (χ3v) is 6.05. The van der Waals surface area contributed by atoms with Crippen molar-refractivity contribution in [2.75, 3.05) is 6.61 Å². The average molecular weight is 514 g/mol. The van der Waals surface area contributed by atoms with E-state index in [2.05, 4.69) is 0 Å². The predicted octanol–water partition coefficient (Wildman–Crippen LogP) is 4.33. The van der Waals surface area contributed by atoms with Gasteiger partial charge in [-0.05, 0) is 52.8 Å². The second-order valence-electron chi connectivity index (χ2n) is 9.29. The molecule has 0 fully saturated rings. The van der Waals surface area contributed by atoms with Crippen molar-refractivity contribution >= 4 is 35.5 Å². The van der Waals surface area contributed by atoms with Crippen molar-refractivity contribution < 1.29 is 24.9 Å². The number of benzene rings is 1. The van der Waals surface area contributed by atoms with Gasteiger partial charge in [-0.1, -0.05) is 64.1 Å². The Labute approximate surface area is 237 Å². The number of aromatic hydroxyl groups is 2. The molecule has 0 saturated carbocycles. The molecule has 0 aliphatic rings. The number of aliphatic carboxylic acids is 1. The number of hydrogen-bond acceptors (Lipinski definition) is 6. The van der Waals surface area contributed by atoms with Crippen molar-refractivity contribution in [2.45, 2.75) is 45.4 Å². The topological polar surface area (TPSA) is 121 Å². The Kier molecular flexibility index (Phi) is 10.5. The molecule has 0 aromatic heterocycles. The zero-order valence-electron chi connectivity index (χ0n) is 21.7. The summed E-state index contributed by atoms with van der Waals surface area (Å²) in [5.74, 6) is -2.59. The molecule has 0 heterocycles. The predicted molar refractivity (Wildman–Crippen MR) is 143 cm³/mol. The summed E-state index contributed by atoms with van der Waals surface area (Å²) < 4.78 is 5.22. The van der Waals surface area contributed by atoms with Crippen molar-refractivity contribution in [3.63, 3.8) is 0 Å². The van der Waals surface area contributed by atoms with Crippen LogP contribution in [-0.2, 0) is 4.79 Å². The third-order valence-electron chi connectivity index (χ3n) is 6.05. The molecule has 37 heavy (non-hydrogen) atoms. The zero-order chi connectivity index (χ0) is 26.6. The van der Waals surface area contributed by atoms with Gasteiger partial charge in [0, 0.05) is 46.6 Å². The molecule has 0 bridgehead atoms. The molecule has 3 rings (SSSR count). The molecule has 0 spiro atoms. The Morgan fingerprint density at radius 1 is 0.730 bits per heavy atom. The molecule has 3 N–H and O–H groups in total. The Hall–Kier alpha value is -3.13. The molecule has 1 radical (unpaired) electrons. The first-order valence-corrected chi connectivity index (χ1v) is 11.7. The van der Waals surface area contributed by atoms with E-state index in [9.17, 15) is 24.6 Å². The van der Waals surface area contributed by atoms with Crippen LogP contribution in [0.2, 0.25) is 0 Å². The van der Waals surface area contributed by atoms with Gasteiger partial charge in [-0.3, -0.25) is 9.59 Å². The Morgan fingerprint density at radius 3 is 1.51 bits per heavy atom. The Balaban J connectivity index is 0.00000481. The quantitative estimate of drug-likeness (QED) is 0.384. The Bertz CT molecular complexity index is 1310. The van der Waals surface area contributed by atoms with Gasteiger partial charge in [-0.2, -0.15) is 0 Å². The van der Waals surface area contributed by atoms with E-state index >= 15 is 0 Å². The molecule has 189 valence electrons. The molecule has 0 aliphatic heterocycles. The summed E-state index contributed by atoms with van der Waals surface area (Å²) in [6, 6.07) is 15.9. The molecule has 8 heteroatoms. The van der Waals surface area contributed by atoms with Gasteiger partial charge in [0.15, 0.2) is 18.1 Å². The standard InChI is InChI=1S/C29H30O7.Na/c1-16(2)19-7-11-22(28(34)24(30)13-19)27(18-5-9-21(10-6-18)36-15-26(32)33)23-12-8-20(17(3)4)14-25(31)29(23)35;/h5-14,16-17,27H,15H2,1-4H3,(H,30,34)(H,31,35)(H,32,33);. The minimum atomic E-state index is -1.12. The van der Waals surface area contributed by atoms with Crippen LogP contribution >= 0.6 is 0 Å². The van der Waals surface area contributed by atoms with Crippen LogP contribution in [-0.4, -0.2) is 57.5 Å². The van der Waals surface area contributed by atoms with E-state index in [0.29, 0.717) is 11.3 Å². The second-order valence-corrected chi connectivity index (χ2v) is 9.29. The van der Waals surface area contributed by atoms with Gasteiger partial charge in [-0.15, -0.1) is 0 Å². The maximum atomic E-state index is 12.8. The van der Waals surface area contributed by atoms with Gasteiger partial charge in [0.2, 0.25) is 10.9 Å². The van der Waals surface area contributed by atoms with Crippen LogP contribution in [0.3, 0.4) is 0 Å². The summed E-state index contributed by atoms with van der Waals surface area (Å²) in [6.07, 6.45) is 0. The van der Waals surface area contributed by atoms with Crippen LogP contribution in [0.25, 0.3) is 0 Å². The number of rotatable bonds is 8. The fourth-order valence-corrected chi connectivity index (χ4v) is 3.96. The third kappa shape index (κ3) is 7.22. The fourth-order valence-electron chi connectivity index (χ4n) is 3.96. The van der Waals surface area contributed by atoms with E-state index < -0.39 is 40.9 Å². The summed E-state index contributed by atoms with van der Waals surface area (Å²) in [7, 11) is 0. The molecule has 0 atom stereocenters. The van der Waals surface area contributed by atoms with Crippen molar-refractivity contribution in [1.82, 2.24) is 0 Å². The van der Waals surface area contributed by atoms with E-state index in [1.165, 1.54) is 12.1 Å². The normalized spacial score (nSPS) is 10.9.